The van der Waals surface area contributed by atoms with Gasteiger partial charge in [0.15, 0.2) is 0 Å². The van der Waals surface area contributed by atoms with Gasteiger partial charge in [0.25, 0.3) is 0 Å². The molecule has 0 aromatic heterocycles. The van der Waals surface area contributed by atoms with Gasteiger partial charge < -0.3 is 0 Å². The number of nitrogens with zero attached hydrogens (tertiary/aromatic N) is 1. The number of rotatable bonds is 1. The standard InChI is InChI=1S/C7H16N2S/c1-7-3-5-9(6-4-7)10(2)8/h7-8H,3-6H2,1-2H3. The summed E-state index contributed by atoms with van der Waals surface area (Å²) < 4.78 is 9.76. The molecule has 1 N–H and O–H groups in total. The van der Waals surface area contributed by atoms with E-state index in [4.69, 9.17) is 4.78 Å². The number of hydrogen-bond acceptors (Lipinski definition) is 1. The summed E-state index contributed by atoms with van der Waals surface area (Å²) in [6.45, 7) is 4.59. The zero-order valence-corrected chi connectivity index (χ0v) is 7.58. The lowest BCUT2D eigenvalue weighted by atomic mass is 10.0. The highest BCUT2D eigenvalue weighted by Gasteiger charge is 2.15. The molecule has 0 saturated carbocycles. The van der Waals surface area contributed by atoms with Crippen molar-refractivity contribution in [2.24, 2.45) is 5.92 Å². The largest absolute Gasteiger partial charge is 0.266 e. The van der Waals surface area contributed by atoms with Crippen LogP contribution in [0.3, 0.4) is 0 Å². The van der Waals surface area contributed by atoms with Crippen LogP contribution in [0.4, 0.5) is 0 Å². The molecule has 1 aliphatic heterocycles. The Balaban J connectivity index is 2.33. The van der Waals surface area contributed by atoms with Gasteiger partial charge in [0, 0.05) is 19.3 Å². The molecule has 0 aliphatic carbocycles. The zero-order chi connectivity index (χ0) is 7.56. The molecule has 1 fully saturated rings. The second kappa shape index (κ2) is 3.49. The number of nitrogens with one attached hydrogen (secondary N) is 1. The molecule has 0 bridgehead atoms. The second-order valence-electron chi connectivity index (χ2n) is 3.09. The molecule has 0 radical (unpaired) electrons. The van der Waals surface area contributed by atoms with Crippen LogP contribution in [0.15, 0.2) is 0 Å². The summed E-state index contributed by atoms with van der Waals surface area (Å²) in [4.78, 5) is 0. The van der Waals surface area contributed by atoms with Gasteiger partial charge in [-0.1, -0.05) is 6.92 Å². The minimum Gasteiger partial charge on any atom is -0.266 e. The molecular formula is C7H16N2S. The smallest absolute Gasteiger partial charge is 0.01000 e. The molecular weight excluding hydrogens is 144 g/mol. The van der Waals surface area contributed by atoms with Crippen LogP contribution >= 0.6 is 0 Å². The number of hydrogen-bond donors (Lipinski definition) is 1. The van der Waals surface area contributed by atoms with Crippen LogP contribution < -0.4 is 0 Å². The van der Waals surface area contributed by atoms with Crippen LogP contribution in [0.5, 0.6) is 0 Å². The van der Waals surface area contributed by atoms with E-state index in [1.165, 1.54) is 12.8 Å². The molecule has 60 valence electrons. The van der Waals surface area contributed by atoms with Crippen molar-refractivity contribution < 1.29 is 0 Å². The molecule has 1 unspecified atom stereocenters. The Kier molecular flexibility index (Phi) is 2.86. The first-order valence-electron chi connectivity index (χ1n) is 3.82. The van der Waals surface area contributed by atoms with Gasteiger partial charge in [-0.15, -0.1) is 0 Å². The first-order chi connectivity index (χ1) is 4.70. The monoisotopic (exact) mass is 160 g/mol. The van der Waals surface area contributed by atoms with Crippen LogP contribution in [0.2, 0.25) is 0 Å². The molecule has 1 rings (SSSR count). The van der Waals surface area contributed by atoms with E-state index < -0.39 is 0 Å². The van der Waals surface area contributed by atoms with E-state index in [1.807, 2.05) is 6.26 Å². The Bertz CT molecular complexity index is 128. The molecule has 0 aromatic rings. The summed E-state index contributed by atoms with van der Waals surface area (Å²) in [5.74, 6) is 0.889. The molecule has 1 aliphatic rings. The van der Waals surface area contributed by atoms with Crippen molar-refractivity contribution in [3.63, 3.8) is 0 Å². The maximum Gasteiger partial charge on any atom is 0.01000 e. The molecule has 0 aromatic carbocycles. The van der Waals surface area contributed by atoms with Gasteiger partial charge in [0.1, 0.15) is 0 Å². The molecule has 1 saturated heterocycles. The molecule has 10 heavy (non-hydrogen) atoms. The maximum atomic E-state index is 7.49. The van der Waals surface area contributed by atoms with Crippen molar-refractivity contribution in [2.75, 3.05) is 19.3 Å². The second-order valence-corrected chi connectivity index (χ2v) is 4.56. The summed E-state index contributed by atoms with van der Waals surface area (Å²) in [6.07, 6.45) is 4.56. The molecule has 2 nitrogen and oxygen atoms in total. The van der Waals surface area contributed by atoms with Crippen molar-refractivity contribution in [3.05, 3.63) is 0 Å². The van der Waals surface area contributed by atoms with Crippen LogP contribution in [0.1, 0.15) is 19.8 Å². The average Bonchev–Trinajstić information content (AvgIpc) is 1.88. The third-order valence-corrected chi connectivity index (χ3v) is 3.27. The van der Waals surface area contributed by atoms with Gasteiger partial charge in [-0.3, -0.25) is 4.78 Å². The third-order valence-electron chi connectivity index (χ3n) is 2.13. The van der Waals surface area contributed by atoms with Crippen LogP contribution in [0.25, 0.3) is 0 Å². The van der Waals surface area contributed by atoms with E-state index >= 15 is 0 Å². The van der Waals surface area contributed by atoms with Crippen molar-refractivity contribution in [3.8, 4) is 0 Å². The van der Waals surface area contributed by atoms with E-state index in [0.29, 0.717) is 0 Å². The first kappa shape index (κ1) is 8.21. The van der Waals surface area contributed by atoms with Crippen molar-refractivity contribution >= 4 is 10.9 Å². The molecule has 1 heterocycles. The summed E-state index contributed by atoms with van der Waals surface area (Å²) in [5.41, 5.74) is 0. The van der Waals surface area contributed by atoms with Gasteiger partial charge in [-0.2, -0.15) is 0 Å². The summed E-state index contributed by atoms with van der Waals surface area (Å²) >= 11 is 0. The fraction of sp³-hybridized carbons (Fsp3) is 1.00. The number of piperidine rings is 1. The Morgan fingerprint density at radius 3 is 2.30 bits per heavy atom. The predicted molar refractivity (Wildman–Crippen MR) is 46.0 cm³/mol. The lowest BCUT2D eigenvalue weighted by molar-refractivity contribution is 0.305. The Morgan fingerprint density at radius 2 is 1.90 bits per heavy atom. The summed E-state index contributed by atoms with van der Waals surface area (Å²) in [6, 6.07) is 0. The lowest BCUT2D eigenvalue weighted by Gasteiger charge is -2.29. The van der Waals surface area contributed by atoms with E-state index in [9.17, 15) is 0 Å². The van der Waals surface area contributed by atoms with Crippen molar-refractivity contribution in [2.45, 2.75) is 19.8 Å². The SMILES string of the molecule is CC1CCN(S(C)=N)CC1. The van der Waals surface area contributed by atoms with Gasteiger partial charge in [0.2, 0.25) is 0 Å². The minimum absolute atomic E-state index is 0.234. The topological polar surface area (TPSA) is 27.1 Å². The van der Waals surface area contributed by atoms with E-state index in [2.05, 4.69) is 11.2 Å². The van der Waals surface area contributed by atoms with Crippen molar-refractivity contribution in [1.82, 2.24) is 4.31 Å². The molecule has 1 atom stereocenters. The summed E-state index contributed by atoms with van der Waals surface area (Å²) in [7, 11) is -0.234. The van der Waals surface area contributed by atoms with E-state index in [1.54, 1.807) is 0 Å². The average molecular weight is 160 g/mol. The van der Waals surface area contributed by atoms with Crippen molar-refractivity contribution in [1.29, 1.82) is 4.78 Å². The predicted octanol–water partition coefficient (Wildman–Crippen LogP) is 1.64. The van der Waals surface area contributed by atoms with Crippen LogP contribution in [-0.4, -0.2) is 23.7 Å². The normalized spacial score (nSPS) is 26.6. The molecule has 0 amide bonds. The Morgan fingerprint density at radius 1 is 1.40 bits per heavy atom. The Labute approximate surface area is 65.6 Å². The van der Waals surface area contributed by atoms with Crippen LogP contribution in [-0.2, 0) is 10.9 Å². The van der Waals surface area contributed by atoms with Crippen LogP contribution in [0, 0.1) is 10.7 Å². The third kappa shape index (κ3) is 2.06. The van der Waals surface area contributed by atoms with E-state index in [0.717, 1.165) is 19.0 Å². The molecule has 3 heteroatoms. The maximum absolute atomic E-state index is 7.49. The van der Waals surface area contributed by atoms with Gasteiger partial charge in [-0.25, -0.2) is 4.31 Å². The van der Waals surface area contributed by atoms with Gasteiger partial charge in [0.05, 0.1) is 0 Å². The lowest BCUT2D eigenvalue weighted by Crippen LogP contribution is -2.33. The van der Waals surface area contributed by atoms with Gasteiger partial charge >= 0.3 is 0 Å². The Hall–Kier alpha value is 0.110. The summed E-state index contributed by atoms with van der Waals surface area (Å²) in [5, 5.41) is 0. The first-order valence-corrected chi connectivity index (χ1v) is 5.41. The highest BCUT2D eigenvalue weighted by molar-refractivity contribution is 7.82. The minimum atomic E-state index is -0.234. The quantitative estimate of drug-likeness (QED) is 0.620. The van der Waals surface area contributed by atoms with Gasteiger partial charge in [-0.05, 0) is 29.6 Å². The fourth-order valence-corrected chi connectivity index (χ4v) is 2.02. The zero-order valence-electron chi connectivity index (χ0n) is 6.76. The highest BCUT2D eigenvalue weighted by Crippen LogP contribution is 2.16. The fourth-order valence-electron chi connectivity index (χ4n) is 1.26. The molecule has 0 spiro atoms. The highest BCUT2D eigenvalue weighted by atomic mass is 32.2. The van der Waals surface area contributed by atoms with E-state index in [-0.39, 0.29) is 10.9 Å².